The van der Waals surface area contributed by atoms with Gasteiger partial charge in [-0.1, -0.05) is 6.42 Å². The summed E-state index contributed by atoms with van der Waals surface area (Å²) < 4.78 is 10.5. The van der Waals surface area contributed by atoms with E-state index < -0.39 is 0 Å². The van der Waals surface area contributed by atoms with E-state index in [0.29, 0.717) is 27.6 Å². The molecule has 0 radical (unpaired) electrons. The van der Waals surface area contributed by atoms with Crippen LogP contribution in [-0.4, -0.2) is 33.1 Å². The Labute approximate surface area is 162 Å². The number of ether oxygens (including phenoxy) is 2. The number of carbonyl (C=O) groups is 2. The van der Waals surface area contributed by atoms with Crippen molar-refractivity contribution >= 4 is 28.2 Å². The fourth-order valence-electron chi connectivity index (χ4n) is 3.35. The maximum atomic E-state index is 12.8. The van der Waals surface area contributed by atoms with Crippen molar-refractivity contribution in [2.75, 3.05) is 26.6 Å². The van der Waals surface area contributed by atoms with E-state index in [0.717, 1.165) is 31.2 Å². The van der Waals surface area contributed by atoms with Crippen LogP contribution in [0.2, 0.25) is 0 Å². The zero-order valence-electron chi connectivity index (χ0n) is 15.8. The van der Waals surface area contributed by atoms with E-state index in [9.17, 15) is 9.59 Å². The van der Waals surface area contributed by atoms with Gasteiger partial charge in [-0.25, -0.2) is 0 Å². The standard InChI is InChI=1S/C20H24N2O4S/c1-21-19(24)17-13-7-5-4-6-8-16(13)27-20(17)22-18(23)12-9-10-14(25-2)15(11-12)26-3/h9-11H,4-8H2,1-3H3,(H,21,24)(H,22,23). The molecule has 2 amide bonds. The van der Waals surface area contributed by atoms with Crippen molar-refractivity contribution in [1.82, 2.24) is 5.32 Å². The number of carbonyl (C=O) groups excluding carboxylic acids is 2. The first-order chi connectivity index (χ1) is 13.1. The number of anilines is 1. The Morgan fingerprint density at radius 2 is 1.74 bits per heavy atom. The first-order valence-corrected chi connectivity index (χ1v) is 9.80. The molecular formula is C20H24N2O4S. The molecule has 144 valence electrons. The van der Waals surface area contributed by atoms with Crippen LogP contribution in [0.25, 0.3) is 0 Å². The summed E-state index contributed by atoms with van der Waals surface area (Å²) in [5, 5.41) is 6.25. The van der Waals surface area contributed by atoms with E-state index in [4.69, 9.17) is 9.47 Å². The van der Waals surface area contributed by atoms with E-state index in [2.05, 4.69) is 10.6 Å². The lowest BCUT2D eigenvalue weighted by Crippen LogP contribution is -2.21. The topological polar surface area (TPSA) is 76.7 Å². The number of methoxy groups -OCH3 is 2. The fraction of sp³-hybridized carbons (Fsp3) is 0.400. The third-order valence-electron chi connectivity index (χ3n) is 4.75. The highest BCUT2D eigenvalue weighted by Crippen LogP contribution is 2.38. The molecule has 1 aliphatic carbocycles. The van der Waals surface area contributed by atoms with Crippen LogP contribution in [0.1, 0.15) is 50.4 Å². The average molecular weight is 388 g/mol. The molecule has 0 unspecified atom stereocenters. The third kappa shape index (κ3) is 3.93. The average Bonchev–Trinajstić information content (AvgIpc) is 2.86. The van der Waals surface area contributed by atoms with Crippen molar-refractivity contribution in [3.8, 4) is 11.5 Å². The van der Waals surface area contributed by atoms with Gasteiger partial charge in [-0.3, -0.25) is 9.59 Å². The monoisotopic (exact) mass is 388 g/mol. The fourth-order valence-corrected chi connectivity index (χ4v) is 4.63. The van der Waals surface area contributed by atoms with E-state index in [1.54, 1.807) is 32.4 Å². The van der Waals surface area contributed by atoms with Gasteiger partial charge in [0.25, 0.3) is 11.8 Å². The molecule has 7 heteroatoms. The van der Waals surface area contributed by atoms with Crippen LogP contribution < -0.4 is 20.1 Å². The third-order valence-corrected chi connectivity index (χ3v) is 5.96. The Bertz CT molecular complexity index is 860. The molecule has 0 saturated heterocycles. The molecule has 1 aliphatic rings. The SMILES string of the molecule is CNC(=O)c1c(NC(=O)c2ccc(OC)c(OC)c2)sc2c1CCCCC2. The number of amides is 2. The minimum atomic E-state index is -0.280. The number of aryl methyl sites for hydroxylation is 1. The molecule has 0 aliphatic heterocycles. The molecule has 27 heavy (non-hydrogen) atoms. The van der Waals surface area contributed by atoms with Crippen LogP contribution >= 0.6 is 11.3 Å². The van der Waals surface area contributed by atoms with Gasteiger partial charge in [-0.05, 0) is 49.4 Å². The second kappa shape index (κ2) is 8.43. The minimum absolute atomic E-state index is 0.156. The number of fused-ring (bicyclic) bond motifs is 1. The summed E-state index contributed by atoms with van der Waals surface area (Å²) in [7, 11) is 4.69. The highest BCUT2D eigenvalue weighted by atomic mass is 32.1. The maximum Gasteiger partial charge on any atom is 0.256 e. The number of thiophene rings is 1. The molecule has 1 aromatic carbocycles. The Balaban J connectivity index is 1.93. The summed E-state index contributed by atoms with van der Waals surface area (Å²) in [6.07, 6.45) is 5.18. The molecule has 0 saturated carbocycles. The Morgan fingerprint density at radius 3 is 2.44 bits per heavy atom. The lowest BCUT2D eigenvalue weighted by Gasteiger charge is -2.11. The highest BCUT2D eigenvalue weighted by molar-refractivity contribution is 7.17. The summed E-state index contributed by atoms with van der Waals surface area (Å²) in [5.41, 5.74) is 2.13. The van der Waals surface area contributed by atoms with Gasteiger partial charge in [-0.15, -0.1) is 11.3 Å². The minimum Gasteiger partial charge on any atom is -0.493 e. The van der Waals surface area contributed by atoms with Gasteiger partial charge in [0, 0.05) is 17.5 Å². The molecule has 3 rings (SSSR count). The molecule has 1 aromatic heterocycles. The van der Waals surface area contributed by atoms with E-state index in [-0.39, 0.29) is 11.8 Å². The molecule has 6 nitrogen and oxygen atoms in total. The van der Waals surface area contributed by atoms with E-state index >= 15 is 0 Å². The van der Waals surface area contributed by atoms with Gasteiger partial charge in [0.2, 0.25) is 0 Å². The molecule has 0 fully saturated rings. The van der Waals surface area contributed by atoms with Crippen LogP contribution in [0.4, 0.5) is 5.00 Å². The number of benzene rings is 1. The van der Waals surface area contributed by atoms with Crippen LogP contribution in [0.3, 0.4) is 0 Å². The predicted octanol–water partition coefficient (Wildman–Crippen LogP) is 3.65. The smallest absolute Gasteiger partial charge is 0.256 e. The summed E-state index contributed by atoms with van der Waals surface area (Å²) in [6.45, 7) is 0. The number of hydrogen-bond donors (Lipinski definition) is 2. The second-order valence-electron chi connectivity index (χ2n) is 6.37. The van der Waals surface area contributed by atoms with Gasteiger partial charge < -0.3 is 20.1 Å². The zero-order chi connectivity index (χ0) is 19.4. The van der Waals surface area contributed by atoms with Crippen molar-refractivity contribution in [3.63, 3.8) is 0 Å². The summed E-state index contributed by atoms with van der Waals surface area (Å²) in [5.74, 6) is 0.608. The van der Waals surface area contributed by atoms with Crippen molar-refractivity contribution in [3.05, 3.63) is 39.8 Å². The Morgan fingerprint density at radius 1 is 1.00 bits per heavy atom. The molecule has 0 bridgehead atoms. The van der Waals surface area contributed by atoms with Crippen LogP contribution in [0.5, 0.6) is 11.5 Å². The quantitative estimate of drug-likeness (QED) is 0.767. The summed E-state index contributed by atoms with van der Waals surface area (Å²) in [6, 6.07) is 5.00. The summed E-state index contributed by atoms with van der Waals surface area (Å²) in [4.78, 5) is 26.5. The molecule has 2 N–H and O–H groups in total. The number of rotatable bonds is 5. The van der Waals surface area contributed by atoms with Crippen LogP contribution in [0, 0.1) is 0 Å². The molecule has 1 heterocycles. The zero-order valence-corrected chi connectivity index (χ0v) is 16.6. The largest absolute Gasteiger partial charge is 0.493 e. The molecular weight excluding hydrogens is 364 g/mol. The predicted molar refractivity (Wildman–Crippen MR) is 106 cm³/mol. The van der Waals surface area contributed by atoms with Crippen LogP contribution in [-0.2, 0) is 12.8 Å². The van der Waals surface area contributed by atoms with Gasteiger partial charge in [0.1, 0.15) is 5.00 Å². The second-order valence-corrected chi connectivity index (χ2v) is 7.48. The van der Waals surface area contributed by atoms with Gasteiger partial charge in [-0.2, -0.15) is 0 Å². The van der Waals surface area contributed by atoms with Gasteiger partial charge in [0.05, 0.1) is 19.8 Å². The lowest BCUT2D eigenvalue weighted by molar-refractivity contribution is 0.0963. The van der Waals surface area contributed by atoms with E-state index in [1.165, 1.54) is 29.7 Å². The maximum absolute atomic E-state index is 12.8. The number of hydrogen-bond acceptors (Lipinski definition) is 5. The van der Waals surface area contributed by atoms with Gasteiger partial charge in [0.15, 0.2) is 11.5 Å². The van der Waals surface area contributed by atoms with Crippen molar-refractivity contribution in [2.45, 2.75) is 32.1 Å². The van der Waals surface area contributed by atoms with Crippen molar-refractivity contribution in [2.24, 2.45) is 0 Å². The Hall–Kier alpha value is -2.54. The van der Waals surface area contributed by atoms with Gasteiger partial charge >= 0.3 is 0 Å². The number of nitrogens with one attached hydrogen (secondary N) is 2. The first-order valence-electron chi connectivity index (χ1n) is 8.99. The summed E-state index contributed by atoms with van der Waals surface area (Å²) >= 11 is 1.51. The lowest BCUT2D eigenvalue weighted by atomic mass is 10.0. The van der Waals surface area contributed by atoms with Crippen LogP contribution in [0.15, 0.2) is 18.2 Å². The van der Waals surface area contributed by atoms with Crippen molar-refractivity contribution in [1.29, 1.82) is 0 Å². The van der Waals surface area contributed by atoms with Crippen molar-refractivity contribution < 1.29 is 19.1 Å². The highest BCUT2D eigenvalue weighted by Gasteiger charge is 2.25. The normalized spacial score (nSPS) is 13.3. The van der Waals surface area contributed by atoms with E-state index in [1.807, 2.05) is 0 Å². The molecule has 0 spiro atoms. The Kier molecular flexibility index (Phi) is 6.01. The first kappa shape index (κ1) is 19.2. The molecule has 0 atom stereocenters. The molecule has 2 aromatic rings.